The molecule has 0 saturated heterocycles. The number of nitrogens with zero attached hydrogens (tertiary/aromatic N) is 1. The minimum absolute atomic E-state index is 1.32. The van der Waals surface area contributed by atoms with E-state index in [0.717, 1.165) is 0 Å². The molecule has 7 heavy (non-hydrogen) atoms. The molecule has 1 aromatic heterocycles. The van der Waals surface area contributed by atoms with Crippen LogP contribution in [0.25, 0.3) is 0 Å². The van der Waals surface area contributed by atoms with E-state index in [1.54, 1.807) is 0 Å². The van der Waals surface area contributed by atoms with Crippen LogP contribution < -0.4 is 0 Å². The monoisotopic (exact) mass is 95.1 g/mol. The third-order valence-corrected chi connectivity index (χ3v) is 0.980. The Morgan fingerprint density at radius 1 is 1.57 bits per heavy atom. The average Bonchev–Trinajstić information content (AvgIpc) is 1.87. The Balaban J connectivity index is 3.04. The van der Waals surface area contributed by atoms with Crippen molar-refractivity contribution in [3.05, 3.63) is 24.0 Å². The Hall–Kier alpha value is -0.720. The number of aromatic nitrogens is 1. The summed E-state index contributed by atoms with van der Waals surface area (Å²) < 4.78 is 2.04. The summed E-state index contributed by atoms with van der Waals surface area (Å²) >= 11 is 0. The molecule has 0 atom stereocenters. The minimum atomic E-state index is 1.32. The van der Waals surface area contributed by atoms with E-state index in [9.17, 15) is 0 Å². The molecule has 0 aliphatic carbocycles. The topological polar surface area (TPSA) is 4.93 Å². The van der Waals surface area contributed by atoms with Gasteiger partial charge in [0.2, 0.25) is 0 Å². The zero-order chi connectivity index (χ0) is 5.28. The lowest BCUT2D eigenvalue weighted by Gasteiger charge is -1.80. The van der Waals surface area contributed by atoms with E-state index in [1.165, 1.54) is 5.56 Å². The molecule has 0 aliphatic heterocycles. The van der Waals surface area contributed by atoms with Crippen molar-refractivity contribution in [3.63, 3.8) is 0 Å². The first kappa shape index (κ1) is 4.44. The van der Waals surface area contributed by atoms with Crippen LogP contribution in [0, 0.1) is 6.92 Å². The van der Waals surface area contributed by atoms with Crippen LogP contribution in [0.5, 0.6) is 0 Å². The van der Waals surface area contributed by atoms with E-state index >= 15 is 0 Å². The molecule has 0 spiro atoms. The summed E-state index contributed by atoms with van der Waals surface area (Å²) in [5.41, 5.74) is 1.32. The van der Waals surface area contributed by atoms with Gasteiger partial charge in [0.15, 0.2) is 0 Å². The first-order valence-corrected chi connectivity index (χ1v) is 2.37. The molecule has 0 aromatic carbocycles. The van der Waals surface area contributed by atoms with Crippen molar-refractivity contribution >= 4 is 0 Å². The molecular formula is C6H9N. The van der Waals surface area contributed by atoms with Crippen molar-refractivity contribution in [1.82, 2.24) is 4.57 Å². The summed E-state index contributed by atoms with van der Waals surface area (Å²) in [7, 11) is 2.02. The van der Waals surface area contributed by atoms with Crippen LogP contribution in [0.2, 0.25) is 0 Å². The Bertz CT molecular complexity index is 136. The maximum absolute atomic E-state index is 2.08. The van der Waals surface area contributed by atoms with E-state index in [4.69, 9.17) is 0 Å². The Labute approximate surface area is 43.6 Å². The molecule has 0 bridgehead atoms. The Kier molecular flexibility index (Phi) is 0.895. The summed E-state index contributed by atoms with van der Waals surface area (Å²) in [6, 6.07) is 2.08. The summed E-state index contributed by atoms with van der Waals surface area (Å²) in [4.78, 5) is 0. The molecule has 1 rings (SSSR count). The molecule has 0 aliphatic rings. The van der Waals surface area contributed by atoms with Crippen molar-refractivity contribution in [2.24, 2.45) is 7.05 Å². The van der Waals surface area contributed by atoms with Gasteiger partial charge in [-0.2, -0.15) is 0 Å². The van der Waals surface area contributed by atoms with Gasteiger partial charge in [0, 0.05) is 19.4 Å². The van der Waals surface area contributed by atoms with E-state index in [-0.39, 0.29) is 0 Å². The second kappa shape index (κ2) is 1.41. The second-order valence-electron chi connectivity index (χ2n) is 1.85. The van der Waals surface area contributed by atoms with Crippen LogP contribution in [0.15, 0.2) is 18.5 Å². The molecule has 0 radical (unpaired) electrons. The van der Waals surface area contributed by atoms with Crippen LogP contribution in [0.4, 0.5) is 0 Å². The number of hydrogen-bond acceptors (Lipinski definition) is 0. The number of aryl methyl sites for hydroxylation is 2. The molecule has 0 fully saturated rings. The highest BCUT2D eigenvalue weighted by atomic mass is 14.9. The summed E-state index contributed by atoms with van der Waals surface area (Å²) in [6.45, 7) is 2.08. The molecule has 0 N–H and O–H groups in total. The Morgan fingerprint density at radius 2 is 2.29 bits per heavy atom. The largest absolute Gasteiger partial charge is 0.357 e. The quantitative estimate of drug-likeness (QED) is 0.458. The summed E-state index contributed by atoms with van der Waals surface area (Å²) in [6.07, 6.45) is 4.12. The lowest BCUT2D eigenvalue weighted by molar-refractivity contribution is 0.925. The molecule has 38 valence electrons. The molecule has 1 heteroatoms. The smallest absolute Gasteiger partial charge is 0.0106 e. The standard InChI is InChI=1S/C6H9N/c1-6-3-4-7(2)5-6/h3-5H,1-2H3. The van der Waals surface area contributed by atoms with Gasteiger partial charge in [-0.1, -0.05) is 0 Å². The zero-order valence-electron chi connectivity index (χ0n) is 4.68. The molecule has 0 saturated carbocycles. The predicted octanol–water partition coefficient (Wildman–Crippen LogP) is 1.33. The average molecular weight is 95.1 g/mol. The van der Waals surface area contributed by atoms with Crippen molar-refractivity contribution in [2.75, 3.05) is 0 Å². The maximum Gasteiger partial charge on any atom is 0.0106 e. The van der Waals surface area contributed by atoms with Gasteiger partial charge in [-0.05, 0) is 18.6 Å². The van der Waals surface area contributed by atoms with Gasteiger partial charge < -0.3 is 4.57 Å². The van der Waals surface area contributed by atoms with Gasteiger partial charge >= 0.3 is 0 Å². The normalized spacial score (nSPS) is 9.43. The fourth-order valence-electron chi connectivity index (χ4n) is 0.642. The third kappa shape index (κ3) is 0.829. The molecule has 1 aromatic rings. The van der Waals surface area contributed by atoms with Crippen LogP contribution in [-0.2, 0) is 7.05 Å². The molecule has 0 unspecified atom stereocenters. The summed E-state index contributed by atoms with van der Waals surface area (Å²) in [5.74, 6) is 0. The third-order valence-electron chi connectivity index (χ3n) is 0.980. The van der Waals surface area contributed by atoms with Crippen LogP contribution in [0.3, 0.4) is 0 Å². The number of rotatable bonds is 0. The zero-order valence-corrected chi connectivity index (χ0v) is 4.68. The van der Waals surface area contributed by atoms with Gasteiger partial charge in [0.25, 0.3) is 0 Å². The van der Waals surface area contributed by atoms with Gasteiger partial charge in [-0.25, -0.2) is 0 Å². The van der Waals surface area contributed by atoms with Gasteiger partial charge in [-0.3, -0.25) is 0 Å². The van der Waals surface area contributed by atoms with E-state index in [0.29, 0.717) is 0 Å². The van der Waals surface area contributed by atoms with Crippen molar-refractivity contribution in [2.45, 2.75) is 6.92 Å². The number of hydrogen-bond donors (Lipinski definition) is 0. The Morgan fingerprint density at radius 3 is 2.43 bits per heavy atom. The van der Waals surface area contributed by atoms with Gasteiger partial charge in [0.05, 0.1) is 0 Å². The lowest BCUT2D eigenvalue weighted by atomic mass is 10.4. The molecule has 1 heterocycles. The van der Waals surface area contributed by atoms with Gasteiger partial charge in [0.1, 0.15) is 0 Å². The highest BCUT2D eigenvalue weighted by Gasteiger charge is 1.80. The van der Waals surface area contributed by atoms with Gasteiger partial charge in [-0.15, -0.1) is 0 Å². The molecule has 0 amide bonds. The van der Waals surface area contributed by atoms with Crippen LogP contribution in [0.1, 0.15) is 5.56 Å². The van der Waals surface area contributed by atoms with Crippen molar-refractivity contribution in [1.29, 1.82) is 0 Å². The first-order valence-electron chi connectivity index (χ1n) is 2.37. The lowest BCUT2D eigenvalue weighted by Crippen LogP contribution is -1.76. The predicted molar refractivity (Wildman–Crippen MR) is 30.1 cm³/mol. The van der Waals surface area contributed by atoms with Crippen LogP contribution in [-0.4, -0.2) is 4.57 Å². The van der Waals surface area contributed by atoms with Crippen LogP contribution >= 0.6 is 0 Å². The summed E-state index contributed by atoms with van der Waals surface area (Å²) in [5, 5.41) is 0. The SMILES string of the molecule is Cc1ccn(C)c1. The highest BCUT2D eigenvalue weighted by molar-refractivity contribution is 5.06. The van der Waals surface area contributed by atoms with Crippen molar-refractivity contribution in [3.8, 4) is 0 Å². The minimum Gasteiger partial charge on any atom is -0.357 e. The first-order chi connectivity index (χ1) is 3.29. The second-order valence-corrected chi connectivity index (χ2v) is 1.85. The van der Waals surface area contributed by atoms with E-state index < -0.39 is 0 Å². The fraction of sp³-hybridized carbons (Fsp3) is 0.333. The highest BCUT2D eigenvalue weighted by Crippen LogP contribution is 1.93. The van der Waals surface area contributed by atoms with Crippen molar-refractivity contribution < 1.29 is 0 Å². The maximum atomic E-state index is 2.08. The van der Waals surface area contributed by atoms with E-state index in [1.807, 2.05) is 17.8 Å². The molecular weight excluding hydrogens is 86.1 g/mol. The molecule has 1 nitrogen and oxygen atoms in total. The van der Waals surface area contributed by atoms with E-state index in [2.05, 4.69) is 19.2 Å². The fourth-order valence-corrected chi connectivity index (χ4v) is 0.642.